The number of nitro groups is 1. The van der Waals surface area contributed by atoms with Crippen molar-refractivity contribution in [2.24, 2.45) is 5.10 Å². The van der Waals surface area contributed by atoms with Crippen LogP contribution in [0.1, 0.15) is 31.4 Å². The van der Waals surface area contributed by atoms with Crippen LogP contribution in [0.2, 0.25) is 0 Å². The lowest BCUT2D eigenvalue weighted by Gasteiger charge is -2.09. The number of rotatable bonds is 8. The molecule has 0 aromatic heterocycles. The number of hydrogen-bond donors (Lipinski definition) is 2. The van der Waals surface area contributed by atoms with E-state index in [1.54, 1.807) is 43.3 Å². The highest BCUT2D eigenvalue weighted by atomic mass is 16.6. The van der Waals surface area contributed by atoms with Crippen LogP contribution >= 0.6 is 0 Å². The normalized spacial score (nSPS) is 11.7. The van der Waals surface area contributed by atoms with E-state index >= 15 is 0 Å². The molecule has 0 saturated carbocycles. The van der Waals surface area contributed by atoms with Gasteiger partial charge in [-0.2, -0.15) is 5.10 Å². The Hall–Kier alpha value is -3.75. The first kappa shape index (κ1) is 21.5. The molecule has 0 aliphatic heterocycles. The molecule has 0 bridgehead atoms. The number of amides is 2. The van der Waals surface area contributed by atoms with Gasteiger partial charge < -0.3 is 10.1 Å². The van der Waals surface area contributed by atoms with E-state index in [1.165, 1.54) is 18.3 Å². The van der Waals surface area contributed by atoms with Gasteiger partial charge in [0.05, 0.1) is 11.1 Å². The minimum atomic E-state index is -0.841. The highest BCUT2D eigenvalue weighted by Crippen LogP contribution is 2.16. The summed E-state index contributed by atoms with van der Waals surface area (Å²) in [6, 6.07) is 13.0. The molecule has 0 heterocycles. The molecule has 29 heavy (non-hydrogen) atoms. The fourth-order valence-corrected chi connectivity index (χ4v) is 2.17. The number of nitrogens with one attached hydrogen (secondary N) is 2. The highest BCUT2D eigenvalue weighted by molar-refractivity contribution is 6.35. The molecular formula is C20H22N4O5. The van der Waals surface area contributed by atoms with Gasteiger partial charge in [-0.15, -0.1) is 0 Å². The van der Waals surface area contributed by atoms with E-state index in [0.29, 0.717) is 11.3 Å². The molecule has 2 aromatic carbocycles. The van der Waals surface area contributed by atoms with E-state index < -0.39 is 16.7 Å². The molecule has 9 nitrogen and oxygen atoms in total. The first-order valence-electron chi connectivity index (χ1n) is 8.99. The lowest BCUT2D eigenvalue weighted by Crippen LogP contribution is -2.41. The summed E-state index contributed by atoms with van der Waals surface area (Å²) in [5.41, 5.74) is 3.64. The summed E-state index contributed by atoms with van der Waals surface area (Å²) < 4.78 is 5.67. The Morgan fingerprint density at radius 2 is 1.93 bits per heavy atom. The van der Waals surface area contributed by atoms with Crippen molar-refractivity contribution in [3.8, 4) is 5.75 Å². The summed E-state index contributed by atoms with van der Waals surface area (Å²) in [5, 5.41) is 17.0. The standard InChI is InChI=1S/C20H22N4O5/c1-3-14(2)22-19(25)20(26)23-21-12-16-5-4-6-18(11-16)29-13-15-7-9-17(10-8-15)24(27)28/h4-12,14H,3,13H2,1-2H3,(H,22,25)(H,23,26)/b21-12-/t14-/m1/s1. The van der Waals surface area contributed by atoms with Crippen LogP contribution in [0, 0.1) is 10.1 Å². The molecule has 0 aliphatic carbocycles. The third-order valence-electron chi connectivity index (χ3n) is 3.99. The molecule has 2 rings (SSSR count). The van der Waals surface area contributed by atoms with Crippen LogP contribution in [0.15, 0.2) is 53.6 Å². The fraction of sp³-hybridized carbons (Fsp3) is 0.250. The summed E-state index contributed by atoms with van der Waals surface area (Å²) in [5.74, 6) is -1.02. The lowest BCUT2D eigenvalue weighted by molar-refractivity contribution is -0.384. The Labute approximate surface area is 167 Å². The van der Waals surface area contributed by atoms with Crippen LogP contribution in [-0.2, 0) is 16.2 Å². The number of nitrogens with zero attached hydrogens (tertiary/aromatic N) is 2. The smallest absolute Gasteiger partial charge is 0.329 e. The maximum Gasteiger partial charge on any atom is 0.329 e. The third-order valence-corrected chi connectivity index (χ3v) is 3.99. The van der Waals surface area contributed by atoms with Crippen molar-refractivity contribution in [3.63, 3.8) is 0 Å². The van der Waals surface area contributed by atoms with Gasteiger partial charge in [0, 0.05) is 18.2 Å². The van der Waals surface area contributed by atoms with Crippen LogP contribution in [-0.4, -0.2) is 29.0 Å². The Kier molecular flexibility index (Phi) is 7.84. The number of hydrogen-bond acceptors (Lipinski definition) is 6. The van der Waals surface area contributed by atoms with Crippen molar-refractivity contribution in [1.82, 2.24) is 10.7 Å². The second kappa shape index (κ2) is 10.5. The summed E-state index contributed by atoms with van der Waals surface area (Å²) in [6.45, 7) is 3.94. The molecule has 0 radical (unpaired) electrons. The Bertz CT molecular complexity index is 896. The molecule has 0 fully saturated rings. The summed E-state index contributed by atoms with van der Waals surface area (Å²) >= 11 is 0. The van der Waals surface area contributed by atoms with Crippen molar-refractivity contribution in [1.29, 1.82) is 0 Å². The van der Waals surface area contributed by atoms with E-state index in [-0.39, 0.29) is 18.3 Å². The molecule has 0 saturated heterocycles. The molecule has 1 atom stereocenters. The van der Waals surface area contributed by atoms with Crippen LogP contribution in [0.3, 0.4) is 0 Å². The van der Waals surface area contributed by atoms with Gasteiger partial charge in [0.15, 0.2) is 0 Å². The SMILES string of the molecule is CC[C@@H](C)NC(=O)C(=O)N/N=C\c1cccc(OCc2ccc([N+](=O)[O-])cc2)c1. The zero-order valence-corrected chi connectivity index (χ0v) is 16.1. The Morgan fingerprint density at radius 3 is 2.59 bits per heavy atom. The number of carbonyl (C=O) groups excluding carboxylic acids is 2. The van der Waals surface area contributed by atoms with Crippen molar-refractivity contribution in [3.05, 3.63) is 69.8 Å². The van der Waals surface area contributed by atoms with Crippen molar-refractivity contribution in [2.75, 3.05) is 0 Å². The summed E-state index contributed by atoms with van der Waals surface area (Å²) in [4.78, 5) is 33.5. The van der Waals surface area contributed by atoms with E-state index in [4.69, 9.17) is 4.74 Å². The molecule has 0 aliphatic rings. The Balaban J connectivity index is 1.88. The molecule has 152 valence electrons. The number of carbonyl (C=O) groups is 2. The number of non-ortho nitro benzene ring substituents is 1. The van der Waals surface area contributed by atoms with E-state index in [1.807, 2.05) is 6.92 Å². The summed E-state index contributed by atoms with van der Waals surface area (Å²) in [6.07, 6.45) is 2.11. The summed E-state index contributed by atoms with van der Waals surface area (Å²) in [7, 11) is 0. The molecular weight excluding hydrogens is 376 g/mol. The van der Waals surface area contributed by atoms with Crippen molar-refractivity contribution in [2.45, 2.75) is 32.9 Å². The predicted molar refractivity (Wildman–Crippen MR) is 108 cm³/mol. The van der Waals surface area contributed by atoms with Gasteiger partial charge in [-0.1, -0.05) is 19.1 Å². The first-order chi connectivity index (χ1) is 13.9. The van der Waals surface area contributed by atoms with E-state index in [2.05, 4.69) is 15.8 Å². The fourth-order valence-electron chi connectivity index (χ4n) is 2.17. The van der Waals surface area contributed by atoms with Gasteiger partial charge in [0.1, 0.15) is 12.4 Å². The Morgan fingerprint density at radius 1 is 1.21 bits per heavy atom. The predicted octanol–water partition coefficient (Wildman–Crippen LogP) is 2.54. The second-order valence-electron chi connectivity index (χ2n) is 6.27. The first-order valence-corrected chi connectivity index (χ1v) is 8.99. The largest absolute Gasteiger partial charge is 0.489 e. The molecule has 2 amide bonds. The quantitative estimate of drug-likeness (QED) is 0.306. The van der Waals surface area contributed by atoms with Crippen LogP contribution in [0.4, 0.5) is 5.69 Å². The number of hydrazone groups is 1. The topological polar surface area (TPSA) is 123 Å². The minimum absolute atomic E-state index is 0.0202. The minimum Gasteiger partial charge on any atom is -0.489 e. The molecule has 2 N–H and O–H groups in total. The average molecular weight is 398 g/mol. The lowest BCUT2D eigenvalue weighted by atomic mass is 10.2. The van der Waals surface area contributed by atoms with Gasteiger partial charge in [0.2, 0.25) is 0 Å². The van der Waals surface area contributed by atoms with Crippen molar-refractivity contribution < 1.29 is 19.2 Å². The van der Waals surface area contributed by atoms with Gasteiger partial charge in [-0.05, 0) is 48.7 Å². The number of benzene rings is 2. The average Bonchev–Trinajstić information content (AvgIpc) is 2.72. The van der Waals surface area contributed by atoms with Crippen molar-refractivity contribution >= 4 is 23.7 Å². The molecule has 0 spiro atoms. The molecule has 2 aromatic rings. The van der Waals surface area contributed by atoms with Crippen LogP contribution in [0.25, 0.3) is 0 Å². The van der Waals surface area contributed by atoms with E-state index in [0.717, 1.165) is 12.0 Å². The highest BCUT2D eigenvalue weighted by Gasteiger charge is 2.14. The maximum atomic E-state index is 11.7. The van der Waals surface area contributed by atoms with Gasteiger partial charge in [-0.25, -0.2) is 5.43 Å². The number of nitro benzene ring substituents is 1. The number of ether oxygens (including phenoxy) is 1. The van der Waals surface area contributed by atoms with E-state index in [9.17, 15) is 19.7 Å². The van der Waals surface area contributed by atoms with Crippen LogP contribution in [0.5, 0.6) is 5.75 Å². The molecule has 0 unspecified atom stereocenters. The van der Waals surface area contributed by atoms with Gasteiger partial charge >= 0.3 is 11.8 Å². The monoisotopic (exact) mass is 398 g/mol. The maximum absolute atomic E-state index is 11.7. The second-order valence-corrected chi connectivity index (χ2v) is 6.27. The molecule has 9 heteroatoms. The zero-order chi connectivity index (χ0) is 21.2. The van der Waals surface area contributed by atoms with Crippen LogP contribution < -0.4 is 15.5 Å². The van der Waals surface area contributed by atoms with Gasteiger partial charge in [-0.3, -0.25) is 19.7 Å². The van der Waals surface area contributed by atoms with Gasteiger partial charge in [0.25, 0.3) is 5.69 Å². The third kappa shape index (κ3) is 7.06. The zero-order valence-electron chi connectivity index (χ0n) is 16.1.